The number of nitrogens with one attached hydrogen (secondary N) is 1. The zero-order valence-electron chi connectivity index (χ0n) is 12.6. The largest absolute Gasteiger partial charge is 0.344 e. The van der Waals surface area contributed by atoms with Crippen LogP contribution in [0.2, 0.25) is 0 Å². The predicted octanol–water partition coefficient (Wildman–Crippen LogP) is -0.202. The standard InChI is InChI=1S/C15H19N3O4S/c19-14-7-6-13(16-14)15(20)17-8-10-18(11-9-17)23(21,22)12-4-2-1-3-5-12/h1-5,13H,6-11H2,(H,16,19). The van der Waals surface area contributed by atoms with Crippen LogP contribution in [0.4, 0.5) is 0 Å². The molecule has 2 aliphatic rings. The molecule has 0 aromatic heterocycles. The van der Waals surface area contributed by atoms with E-state index in [0.717, 1.165) is 0 Å². The number of amides is 2. The van der Waals surface area contributed by atoms with Crippen LogP contribution < -0.4 is 5.32 Å². The number of rotatable bonds is 3. The van der Waals surface area contributed by atoms with Crippen molar-refractivity contribution >= 4 is 21.8 Å². The second-order valence-corrected chi connectivity index (χ2v) is 7.64. The van der Waals surface area contributed by atoms with E-state index in [1.165, 1.54) is 4.31 Å². The van der Waals surface area contributed by atoms with Crippen molar-refractivity contribution in [2.24, 2.45) is 0 Å². The first-order chi connectivity index (χ1) is 11.0. The minimum absolute atomic E-state index is 0.103. The number of hydrogen-bond donors (Lipinski definition) is 1. The predicted molar refractivity (Wildman–Crippen MR) is 82.9 cm³/mol. The van der Waals surface area contributed by atoms with Gasteiger partial charge in [0.05, 0.1) is 4.90 Å². The fraction of sp³-hybridized carbons (Fsp3) is 0.467. The summed E-state index contributed by atoms with van der Waals surface area (Å²) in [5.41, 5.74) is 0. The van der Waals surface area contributed by atoms with Crippen molar-refractivity contribution in [3.8, 4) is 0 Å². The Bertz CT molecular complexity index is 697. The van der Waals surface area contributed by atoms with Crippen molar-refractivity contribution in [3.05, 3.63) is 30.3 Å². The van der Waals surface area contributed by atoms with Crippen molar-refractivity contribution < 1.29 is 18.0 Å². The topological polar surface area (TPSA) is 86.8 Å². The Morgan fingerprint density at radius 3 is 2.30 bits per heavy atom. The molecule has 2 saturated heterocycles. The molecule has 124 valence electrons. The molecule has 3 rings (SSSR count). The van der Waals surface area contributed by atoms with Crippen LogP contribution in [0, 0.1) is 0 Å². The van der Waals surface area contributed by atoms with Gasteiger partial charge in [0.25, 0.3) is 0 Å². The van der Waals surface area contributed by atoms with Crippen LogP contribution in [-0.2, 0) is 19.6 Å². The lowest BCUT2D eigenvalue weighted by Gasteiger charge is -2.35. The number of sulfonamides is 1. The summed E-state index contributed by atoms with van der Waals surface area (Å²) in [6.45, 7) is 1.22. The quantitative estimate of drug-likeness (QED) is 0.827. The molecule has 0 spiro atoms. The molecule has 8 heteroatoms. The summed E-state index contributed by atoms with van der Waals surface area (Å²) in [4.78, 5) is 25.4. The van der Waals surface area contributed by atoms with Crippen LogP contribution in [-0.4, -0.2) is 61.7 Å². The van der Waals surface area contributed by atoms with E-state index >= 15 is 0 Å². The van der Waals surface area contributed by atoms with Gasteiger partial charge >= 0.3 is 0 Å². The van der Waals surface area contributed by atoms with E-state index < -0.39 is 16.1 Å². The fourth-order valence-corrected chi connectivity index (χ4v) is 4.35. The Balaban J connectivity index is 1.62. The van der Waals surface area contributed by atoms with E-state index in [1.54, 1.807) is 35.2 Å². The number of carbonyl (C=O) groups is 2. The average Bonchev–Trinajstić information content (AvgIpc) is 3.01. The van der Waals surface area contributed by atoms with E-state index in [9.17, 15) is 18.0 Å². The lowest BCUT2D eigenvalue weighted by molar-refractivity contribution is -0.135. The molecular formula is C15H19N3O4S. The van der Waals surface area contributed by atoms with Crippen LogP contribution >= 0.6 is 0 Å². The maximum absolute atomic E-state index is 12.5. The molecule has 23 heavy (non-hydrogen) atoms. The van der Waals surface area contributed by atoms with Crippen LogP contribution in [0.15, 0.2) is 35.2 Å². The van der Waals surface area contributed by atoms with Crippen molar-refractivity contribution in [2.75, 3.05) is 26.2 Å². The highest BCUT2D eigenvalue weighted by Crippen LogP contribution is 2.18. The van der Waals surface area contributed by atoms with E-state index in [-0.39, 0.29) is 29.8 Å². The van der Waals surface area contributed by atoms with E-state index in [1.807, 2.05) is 0 Å². The minimum Gasteiger partial charge on any atom is -0.344 e. The summed E-state index contributed by atoms with van der Waals surface area (Å²) in [6.07, 6.45) is 0.888. The Morgan fingerprint density at radius 2 is 1.74 bits per heavy atom. The number of piperazine rings is 1. The number of hydrogen-bond acceptors (Lipinski definition) is 4. The third-order valence-corrected chi connectivity index (χ3v) is 6.14. The summed E-state index contributed by atoms with van der Waals surface area (Å²) in [6, 6.07) is 7.83. The maximum Gasteiger partial charge on any atom is 0.245 e. The van der Waals surface area contributed by atoms with Crippen molar-refractivity contribution in [3.63, 3.8) is 0 Å². The lowest BCUT2D eigenvalue weighted by Crippen LogP contribution is -2.54. The SMILES string of the molecule is O=C1CCC(C(=O)N2CCN(S(=O)(=O)c3ccccc3)CC2)N1. The van der Waals surface area contributed by atoms with Gasteiger partial charge in [-0.3, -0.25) is 9.59 Å². The van der Waals surface area contributed by atoms with E-state index in [0.29, 0.717) is 25.9 Å². The Labute approximate surface area is 135 Å². The molecule has 2 amide bonds. The van der Waals surface area contributed by atoms with Gasteiger partial charge in [-0.15, -0.1) is 0 Å². The Morgan fingerprint density at radius 1 is 1.09 bits per heavy atom. The summed E-state index contributed by atoms with van der Waals surface area (Å²) in [5.74, 6) is -0.221. The third kappa shape index (κ3) is 3.23. The zero-order valence-corrected chi connectivity index (χ0v) is 13.5. The molecule has 0 radical (unpaired) electrons. The second kappa shape index (κ2) is 6.29. The van der Waals surface area contributed by atoms with Gasteiger partial charge in [-0.25, -0.2) is 8.42 Å². The second-order valence-electron chi connectivity index (χ2n) is 5.70. The van der Waals surface area contributed by atoms with E-state index in [4.69, 9.17) is 0 Å². The molecule has 7 nitrogen and oxygen atoms in total. The summed E-state index contributed by atoms with van der Waals surface area (Å²) in [5, 5.41) is 2.66. The van der Waals surface area contributed by atoms with Crippen molar-refractivity contribution in [1.82, 2.24) is 14.5 Å². The monoisotopic (exact) mass is 337 g/mol. The number of carbonyl (C=O) groups excluding carboxylic acids is 2. The van der Waals surface area contributed by atoms with Gasteiger partial charge < -0.3 is 10.2 Å². The first-order valence-corrected chi connectivity index (χ1v) is 9.06. The lowest BCUT2D eigenvalue weighted by atomic mass is 10.2. The minimum atomic E-state index is -3.51. The molecule has 0 saturated carbocycles. The van der Waals surface area contributed by atoms with Crippen LogP contribution in [0.3, 0.4) is 0 Å². The molecule has 1 aromatic carbocycles. The van der Waals surface area contributed by atoms with Crippen LogP contribution in [0.5, 0.6) is 0 Å². The molecule has 1 aromatic rings. The van der Waals surface area contributed by atoms with Gasteiger partial charge in [-0.2, -0.15) is 4.31 Å². The Hall–Kier alpha value is -1.93. The van der Waals surface area contributed by atoms with E-state index in [2.05, 4.69) is 5.32 Å². The highest BCUT2D eigenvalue weighted by Gasteiger charge is 2.34. The molecule has 1 unspecified atom stereocenters. The molecule has 2 fully saturated rings. The summed E-state index contributed by atoms with van der Waals surface area (Å²) in [7, 11) is -3.51. The normalized spacial score (nSPS) is 22.9. The van der Waals surface area contributed by atoms with Gasteiger partial charge in [0.2, 0.25) is 21.8 Å². The molecule has 1 N–H and O–H groups in total. The van der Waals surface area contributed by atoms with Crippen molar-refractivity contribution in [2.45, 2.75) is 23.8 Å². The van der Waals surface area contributed by atoms with Crippen LogP contribution in [0.25, 0.3) is 0 Å². The van der Waals surface area contributed by atoms with Gasteiger partial charge in [0, 0.05) is 32.6 Å². The highest BCUT2D eigenvalue weighted by atomic mass is 32.2. The highest BCUT2D eigenvalue weighted by molar-refractivity contribution is 7.89. The molecule has 2 aliphatic heterocycles. The Kier molecular flexibility index (Phi) is 4.36. The average molecular weight is 337 g/mol. The molecule has 0 bridgehead atoms. The molecule has 2 heterocycles. The maximum atomic E-state index is 12.5. The molecular weight excluding hydrogens is 318 g/mol. The molecule has 0 aliphatic carbocycles. The first-order valence-electron chi connectivity index (χ1n) is 7.62. The smallest absolute Gasteiger partial charge is 0.245 e. The van der Waals surface area contributed by atoms with Crippen molar-refractivity contribution in [1.29, 1.82) is 0 Å². The van der Waals surface area contributed by atoms with Gasteiger partial charge in [-0.05, 0) is 18.6 Å². The zero-order chi connectivity index (χ0) is 16.4. The van der Waals surface area contributed by atoms with Gasteiger partial charge in [0.1, 0.15) is 6.04 Å². The summed E-state index contributed by atoms with van der Waals surface area (Å²) >= 11 is 0. The fourth-order valence-electron chi connectivity index (χ4n) is 2.91. The molecule has 1 atom stereocenters. The van der Waals surface area contributed by atoms with Gasteiger partial charge in [0.15, 0.2) is 0 Å². The first kappa shape index (κ1) is 15.9. The third-order valence-electron chi connectivity index (χ3n) is 4.22. The number of benzene rings is 1. The number of nitrogens with zero attached hydrogens (tertiary/aromatic N) is 2. The van der Waals surface area contributed by atoms with Gasteiger partial charge in [-0.1, -0.05) is 18.2 Å². The van der Waals surface area contributed by atoms with Crippen LogP contribution in [0.1, 0.15) is 12.8 Å². The summed E-state index contributed by atoms with van der Waals surface area (Å²) < 4.78 is 26.5.